The third-order valence-electron chi connectivity index (χ3n) is 2.51. The average Bonchev–Trinajstić information content (AvgIpc) is 2.74. The lowest BCUT2D eigenvalue weighted by atomic mass is 10.2. The Hall–Kier alpha value is -1.55. The Morgan fingerprint density at radius 3 is 2.61 bits per heavy atom. The van der Waals surface area contributed by atoms with Crippen LogP contribution in [0.1, 0.15) is 18.2 Å². The van der Waals surface area contributed by atoms with Gasteiger partial charge in [0.2, 0.25) is 0 Å². The second-order valence-electron chi connectivity index (χ2n) is 4.46. The van der Waals surface area contributed by atoms with Crippen LogP contribution in [0.5, 0.6) is 5.75 Å². The number of anilines is 1. The molecule has 0 aliphatic heterocycles. The maximum atomic E-state index is 5.72. The second-order valence-corrected chi connectivity index (χ2v) is 5.32. The quantitative estimate of drug-likeness (QED) is 0.893. The molecule has 0 radical (unpaired) electrons. The SMILES string of the molecule is Cc1ccc(OCC(C)Nc2nc(C)cs2)cc1. The molecular weight excluding hydrogens is 244 g/mol. The first kappa shape index (κ1) is 12.9. The molecule has 0 spiro atoms. The minimum atomic E-state index is 0.233. The molecule has 1 unspecified atom stereocenters. The van der Waals surface area contributed by atoms with Gasteiger partial charge in [0.15, 0.2) is 5.13 Å². The zero-order valence-corrected chi connectivity index (χ0v) is 11.8. The van der Waals surface area contributed by atoms with Gasteiger partial charge in [0, 0.05) is 5.38 Å². The largest absolute Gasteiger partial charge is 0.491 e. The van der Waals surface area contributed by atoms with Gasteiger partial charge in [0.25, 0.3) is 0 Å². The van der Waals surface area contributed by atoms with E-state index in [0.29, 0.717) is 6.61 Å². The van der Waals surface area contributed by atoms with Crippen molar-refractivity contribution in [2.75, 3.05) is 11.9 Å². The van der Waals surface area contributed by atoms with E-state index in [1.54, 1.807) is 11.3 Å². The second kappa shape index (κ2) is 5.87. The molecule has 2 rings (SSSR count). The Morgan fingerprint density at radius 1 is 1.28 bits per heavy atom. The molecule has 0 amide bonds. The van der Waals surface area contributed by atoms with Crippen LogP contribution in [0.3, 0.4) is 0 Å². The molecule has 0 bridgehead atoms. The van der Waals surface area contributed by atoms with Crippen LogP contribution in [0.4, 0.5) is 5.13 Å². The highest BCUT2D eigenvalue weighted by Gasteiger charge is 2.05. The van der Waals surface area contributed by atoms with Crippen LogP contribution in [0.2, 0.25) is 0 Å². The standard InChI is InChI=1S/C14H18N2OS/c1-10-4-6-13(7-5-10)17-8-11(2)15-14-16-12(3)9-18-14/h4-7,9,11H,8H2,1-3H3,(H,15,16). The van der Waals surface area contributed by atoms with Crippen LogP contribution < -0.4 is 10.1 Å². The van der Waals surface area contributed by atoms with Crippen molar-refractivity contribution in [3.63, 3.8) is 0 Å². The monoisotopic (exact) mass is 262 g/mol. The Balaban J connectivity index is 1.81. The Labute approximate surface area is 112 Å². The maximum absolute atomic E-state index is 5.72. The molecule has 0 saturated carbocycles. The van der Waals surface area contributed by atoms with Crippen LogP contribution >= 0.6 is 11.3 Å². The highest BCUT2D eigenvalue weighted by molar-refractivity contribution is 7.13. The molecule has 1 atom stereocenters. The fourth-order valence-electron chi connectivity index (χ4n) is 1.53. The molecule has 0 fully saturated rings. The summed E-state index contributed by atoms with van der Waals surface area (Å²) in [6.07, 6.45) is 0. The summed E-state index contributed by atoms with van der Waals surface area (Å²) in [5, 5.41) is 6.32. The van der Waals surface area contributed by atoms with E-state index >= 15 is 0 Å². The Kier molecular flexibility index (Phi) is 4.20. The molecule has 0 aliphatic rings. The first-order valence-corrected chi connectivity index (χ1v) is 6.89. The van der Waals surface area contributed by atoms with Crippen molar-refractivity contribution < 1.29 is 4.74 Å². The zero-order chi connectivity index (χ0) is 13.0. The number of hydrogen-bond acceptors (Lipinski definition) is 4. The fourth-order valence-corrected chi connectivity index (χ4v) is 2.33. The summed E-state index contributed by atoms with van der Waals surface area (Å²) >= 11 is 1.62. The van der Waals surface area contributed by atoms with Gasteiger partial charge < -0.3 is 10.1 Å². The van der Waals surface area contributed by atoms with E-state index in [9.17, 15) is 0 Å². The number of rotatable bonds is 5. The van der Waals surface area contributed by atoms with E-state index in [4.69, 9.17) is 4.74 Å². The van der Waals surface area contributed by atoms with E-state index in [2.05, 4.69) is 36.3 Å². The Bertz CT molecular complexity index is 493. The predicted octanol–water partition coefficient (Wildman–Crippen LogP) is 3.64. The molecule has 0 aliphatic carbocycles. The van der Waals surface area contributed by atoms with Gasteiger partial charge in [-0.15, -0.1) is 11.3 Å². The van der Waals surface area contributed by atoms with Gasteiger partial charge in [-0.1, -0.05) is 17.7 Å². The first-order valence-electron chi connectivity index (χ1n) is 6.01. The normalized spacial score (nSPS) is 12.2. The van der Waals surface area contributed by atoms with E-state index in [1.165, 1.54) is 5.56 Å². The summed E-state index contributed by atoms with van der Waals surface area (Å²) in [6, 6.07) is 8.33. The predicted molar refractivity (Wildman–Crippen MR) is 76.6 cm³/mol. The molecule has 3 nitrogen and oxygen atoms in total. The van der Waals surface area contributed by atoms with Gasteiger partial charge >= 0.3 is 0 Å². The lowest BCUT2D eigenvalue weighted by molar-refractivity contribution is 0.304. The molecule has 1 N–H and O–H groups in total. The van der Waals surface area contributed by atoms with Crippen molar-refractivity contribution in [2.24, 2.45) is 0 Å². The fraction of sp³-hybridized carbons (Fsp3) is 0.357. The molecule has 18 heavy (non-hydrogen) atoms. The summed E-state index contributed by atoms with van der Waals surface area (Å²) in [6.45, 7) is 6.78. The summed E-state index contributed by atoms with van der Waals surface area (Å²) < 4.78 is 5.72. The van der Waals surface area contributed by atoms with Gasteiger partial charge in [0.05, 0.1) is 11.7 Å². The van der Waals surface area contributed by atoms with Crippen molar-refractivity contribution in [3.05, 3.63) is 40.9 Å². The van der Waals surface area contributed by atoms with Gasteiger partial charge in [0.1, 0.15) is 12.4 Å². The van der Waals surface area contributed by atoms with Crippen LogP contribution in [0, 0.1) is 13.8 Å². The summed E-state index contributed by atoms with van der Waals surface area (Å²) in [5.41, 5.74) is 2.29. The van der Waals surface area contributed by atoms with Crippen molar-refractivity contribution in [3.8, 4) is 5.75 Å². The van der Waals surface area contributed by atoms with E-state index < -0.39 is 0 Å². The topological polar surface area (TPSA) is 34.1 Å². The zero-order valence-electron chi connectivity index (χ0n) is 10.9. The third-order valence-corrected chi connectivity index (χ3v) is 3.40. The molecule has 2 aromatic rings. The third kappa shape index (κ3) is 3.74. The van der Waals surface area contributed by atoms with Crippen molar-refractivity contribution in [1.29, 1.82) is 0 Å². The van der Waals surface area contributed by atoms with E-state index in [-0.39, 0.29) is 6.04 Å². The number of aromatic nitrogens is 1. The van der Waals surface area contributed by atoms with E-state index in [0.717, 1.165) is 16.6 Å². The number of thiazole rings is 1. The van der Waals surface area contributed by atoms with Crippen molar-refractivity contribution >= 4 is 16.5 Å². The van der Waals surface area contributed by atoms with Crippen LogP contribution in [-0.2, 0) is 0 Å². The highest BCUT2D eigenvalue weighted by atomic mass is 32.1. The molecule has 96 valence electrons. The lowest BCUT2D eigenvalue weighted by Gasteiger charge is -2.14. The number of benzene rings is 1. The molecule has 0 saturated heterocycles. The number of aryl methyl sites for hydroxylation is 2. The smallest absolute Gasteiger partial charge is 0.183 e. The van der Waals surface area contributed by atoms with Gasteiger partial charge in [-0.25, -0.2) is 4.98 Å². The molecule has 1 aromatic heterocycles. The number of ether oxygens (including phenoxy) is 1. The van der Waals surface area contributed by atoms with Gasteiger partial charge in [-0.05, 0) is 32.9 Å². The van der Waals surface area contributed by atoms with Crippen molar-refractivity contribution in [1.82, 2.24) is 4.98 Å². The minimum absolute atomic E-state index is 0.233. The average molecular weight is 262 g/mol. The summed E-state index contributed by atoms with van der Waals surface area (Å²) in [5.74, 6) is 0.907. The molecule has 1 aromatic carbocycles. The number of hydrogen-bond donors (Lipinski definition) is 1. The first-order chi connectivity index (χ1) is 8.63. The summed E-state index contributed by atoms with van der Waals surface area (Å²) in [7, 11) is 0. The minimum Gasteiger partial charge on any atom is -0.491 e. The molecule has 4 heteroatoms. The molecule has 1 heterocycles. The Morgan fingerprint density at radius 2 is 2.00 bits per heavy atom. The maximum Gasteiger partial charge on any atom is 0.183 e. The summed E-state index contributed by atoms with van der Waals surface area (Å²) in [4.78, 5) is 4.37. The van der Waals surface area contributed by atoms with E-state index in [1.807, 2.05) is 24.4 Å². The molecular formula is C14H18N2OS. The number of nitrogens with zero attached hydrogens (tertiary/aromatic N) is 1. The van der Waals surface area contributed by atoms with Crippen LogP contribution in [-0.4, -0.2) is 17.6 Å². The van der Waals surface area contributed by atoms with Crippen molar-refractivity contribution in [2.45, 2.75) is 26.8 Å². The van der Waals surface area contributed by atoms with Crippen LogP contribution in [0.15, 0.2) is 29.6 Å². The van der Waals surface area contributed by atoms with Crippen LogP contribution in [0.25, 0.3) is 0 Å². The van der Waals surface area contributed by atoms with Gasteiger partial charge in [-0.3, -0.25) is 0 Å². The lowest BCUT2D eigenvalue weighted by Crippen LogP contribution is -2.23. The number of nitrogens with one attached hydrogen (secondary N) is 1. The highest BCUT2D eigenvalue weighted by Crippen LogP contribution is 2.16. The van der Waals surface area contributed by atoms with Gasteiger partial charge in [-0.2, -0.15) is 0 Å².